The summed E-state index contributed by atoms with van der Waals surface area (Å²) in [6, 6.07) is 9.35. The summed E-state index contributed by atoms with van der Waals surface area (Å²) < 4.78 is 29.9. The average Bonchev–Trinajstić information content (AvgIpc) is 3.01. The molecular weight excluding hydrogens is 384 g/mol. The van der Waals surface area contributed by atoms with Crippen LogP contribution in [0.1, 0.15) is 27.8 Å². The molecule has 0 aliphatic rings. The van der Waals surface area contributed by atoms with Gasteiger partial charge in [-0.05, 0) is 67.6 Å². The van der Waals surface area contributed by atoms with Crippen LogP contribution in [0, 0.1) is 27.7 Å². The second-order valence-corrected chi connectivity index (χ2v) is 8.64. The van der Waals surface area contributed by atoms with Gasteiger partial charge >= 0.3 is 0 Å². The molecule has 0 fully saturated rings. The van der Waals surface area contributed by atoms with Crippen LogP contribution in [0.2, 0.25) is 5.02 Å². The number of rotatable bonds is 5. The Hall–Kier alpha value is -2.38. The van der Waals surface area contributed by atoms with E-state index in [0.29, 0.717) is 11.6 Å². The molecule has 3 rings (SSSR count). The molecule has 0 amide bonds. The zero-order valence-corrected chi connectivity index (χ0v) is 17.2. The second kappa shape index (κ2) is 7.32. The van der Waals surface area contributed by atoms with Gasteiger partial charge in [-0.25, -0.2) is 17.8 Å². The lowest BCUT2D eigenvalue weighted by Crippen LogP contribution is -2.18. The van der Waals surface area contributed by atoms with E-state index in [0.717, 1.165) is 27.8 Å². The van der Waals surface area contributed by atoms with Crippen LogP contribution in [0.3, 0.4) is 0 Å². The Morgan fingerprint density at radius 1 is 1.04 bits per heavy atom. The molecule has 1 heterocycles. The van der Waals surface area contributed by atoms with Crippen LogP contribution in [-0.4, -0.2) is 23.2 Å². The average molecular weight is 405 g/mol. The number of hydrogen-bond donors (Lipinski definition) is 1. The van der Waals surface area contributed by atoms with Crippen molar-refractivity contribution in [3.05, 3.63) is 69.5 Å². The Labute approximate surface area is 164 Å². The third kappa shape index (κ3) is 4.14. The fraction of sp³-hybridized carbons (Fsp3) is 0.263. The molecule has 0 saturated heterocycles. The molecule has 0 saturated carbocycles. The number of benzene rings is 2. The highest BCUT2D eigenvalue weighted by Gasteiger charge is 2.23. The fourth-order valence-electron chi connectivity index (χ4n) is 2.95. The van der Waals surface area contributed by atoms with Crippen molar-refractivity contribution >= 4 is 27.6 Å². The van der Waals surface area contributed by atoms with E-state index in [2.05, 4.69) is 14.8 Å². The molecule has 0 unspecified atom stereocenters. The van der Waals surface area contributed by atoms with E-state index in [4.69, 9.17) is 11.6 Å². The summed E-state index contributed by atoms with van der Waals surface area (Å²) in [7, 11) is -3.79. The summed E-state index contributed by atoms with van der Waals surface area (Å²) in [6.45, 7) is 7.89. The van der Waals surface area contributed by atoms with Crippen LogP contribution in [0.5, 0.6) is 0 Å². The Morgan fingerprint density at radius 3 is 2.22 bits per heavy atom. The minimum atomic E-state index is -3.79. The first-order valence-electron chi connectivity index (χ1n) is 8.41. The molecule has 8 heteroatoms. The van der Waals surface area contributed by atoms with Gasteiger partial charge in [0, 0.05) is 5.02 Å². The van der Waals surface area contributed by atoms with Gasteiger partial charge in [-0.2, -0.15) is 4.98 Å². The molecule has 6 nitrogen and oxygen atoms in total. The molecule has 27 heavy (non-hydrogen) atoms. The maximum atomic E-state index is 12.9. The third-order valence-electron chi connectivity index (χ3n) is 4.59. The van der Waals surface area contributed by atoms with Crippen LogP contribution in [0.15, 0.2) is 41.6 Å². The minimum absolute atomic E-state index is 0.0434. The Balaban J connectivity index is 1.86. The Bertz CT molecular complexity index is 1060. The van der Waals surface area contributed by atoms with Gasteiger partial charge in [0.1, 0.15) is 6.33 Å². The lowest BCUT2D eigenvalue weighted by Gasteiger charge is -2.15. The van der Waals surface area contributed by atoms with Crippen LogP contribution >= 0.6 is 11.6 Å². The van der Waals surface area contributed by atoms with Gasteiger partial charge in [-0.15, -0.1) is 5.10 Å². The highest BCUT2D eigenvalue weighted by molar-refractivity contribution is 7.92. The zero-order chi connectivity index (χ0) is 19.8. The number of anilines is 1. The lowest BCUT2D eigenvalue weighted by atomic mass is 10.0. The van der Waals surface area contributed by atoms with Gasteiger partial charge in [0.15, 0.2) is 0 Å². The van der Waals surface area contributed by atoms with E-state index in [1.54, 1.807) is 16.8 Å². The van der Waals surface area contributed by atoms with E-state index in [1.165, 1.54) is 6.33 Å². The molecule has 142 valence electrons. The van der Waals surface area contributed by atoms with Crippen molar-refractivity contribution in [2.75, 3.05) is 4.72 Å². The number of aromatic nitrogens is 3. The smallest absolute Gasteiger partial charge is 0.246 e. The van der Waals surface area contributed by atoms with Gasteiger partial charge in [0.25, 0.3) is 16.0 Å². The Kier molecular flexibility index (Phi) is 5.26. The molecule has 0 radical (unpaired) electrons. The van der Waals surface area contributed by atoms with Crippen molar-refractivity contribution in [2.24, 2.45) is 0 Å². The number of nitrogens with one attached hydrogen (secondary N) is 1. The number of sulfonamides is 1. The molecule has 0 bridgehead atoms. The summed E-state index contributed by atoms with van der Waals surface area (Å²) in [5, 5.41) is 4.88. The second-order valence-electron chi connectivity index (χ2n) is 6.59. The van der Waals surface area contributed by atoms with E-state index < -0.39 is 10.0 Å². The summed E-state index contributed by atoms with van der Waals surface area (Å²) >= 11 is 5.89. The predicted octanol–water partition coefficient (Wildman–Crippen LogP) is 4.01. The maximum absolute atomic E-state index is 12.9. The van der Waals surface area contributed by atoms with Crippen molar-refractivity contribution in [1.29, 1.82) is 0 Å². The quantitative estimate of drug-likeness (QED) is 0.696. The molecule has 0 spiro atoms. The van der Waals surface area contributed by atoms with Gasteiger partial charge in [-0.3, -0.25) is 0 Å². The van der Waals surface area contributed by atoms with Gasteiger partial charge in [0.2, 0.25) is 0 Å². The number of nitrogens with zero attached hydrogens (tertiary/aromatic N) is 3. The molecule has 1 aromatic heterocycles. The monoisotopic (exact) mass is 404 g/mol. The molecule has 2 aromatic carbocycles. The molecular formula is C19H21ClN4O2S. The Morgan fingerprint density at radius 2 is 1.63 bits per heavy atom. The predicted molar refractivity (Wildman–Crippen MR) is 107 cm³/mol. The standard InChI is InChI=1S/C19H21ClN4O2S/c1-12-9-13(2)15(4)18(14(12)3)27(25,26)23-19-21-11-24(22-19)10-16-5-7-17(20)8-6-16/h5-9,11H,10H2,1-4H3,(H,22,23). The lowest BCUT2D eigenvalue weighted by molar-refractivity contribution is 0.599. The summed E-state index contributed by atoms with van der Waals surface area (Å²) in [4.78, 5) is 4.37. The van der Waals surface area contributed by atoms with E-state index in [-0.39, 0.29) is 10.8 Å². The first kappa shape index (κ1) is 19.4. The van der Waals surface area contributed by atoms with Crippen molar-refractivity contribution in [3.8, 4) is 0 Å². The number of halogens is 1. The van der Waals surface area contributed by atoms with Crippen molar-refractivity contribution in [2.45, 2.75) is 39.1 Å². The van der Waals surface area contributed by atoms with E-state index in [1.807, 2.05) is 45.9 Å². The van der Waals surface area contributed by atoms with E-state index >= 15 is 0 Å². The van der Waals surface area contributed by atoms with Crippen molar-refractivity contribution in [3.63, 3.8) is 0 Å². The largest absolute Gasteiger partial charge is 0.264 e. The minimum Gasteiger partial charge on any atom is -0.246 e. The normalized spacial score (nSPS) is 11.6. The van der Waals surface area contributed by atoms with Crippen molar-refractivity contribution in [1.82, 2.24) is 14.8 Å². The fourth-order valence-corrected chi connectivity index (χ4v) is 4.64. The zero-order valence-electron chi connectivity index (χ0n) is 15.6. The van der Waals surface area contributed by atoms with Gasteiger partial charge in [-0.1, -0.05) is 29.8 Å². The first-order valence-corrected chi connectivity index (χ1v) is 10.3. The molecule has 0 atom stereocenters. The number of aryl methyl sites for hydroxylation is 2. The SMILES string of the molecule is Cc1cc(C)c(C)c(S(=O)(=O)Nc2ncn(Cc3ccc(Cl)cc3)n2)c1C. The number of hydrogen-bond acceptors (Lipinski definition) is 4. The summed E-state index contributed by atoms with van der Waals surface area (Å²) in [6.07, 6.45) is 1.49. The highest BCUT2D eigenvalue weighted by Crippen LogP contribution is 2.27. The van der Waals surface area contributed by atoms with Crippen molar-refractivity contribution < 1.29 is 8.42 Å². The summed E-state index contributed by atoms with van der Waals surface area (Å²) in [5.74, 6) is 0.0434. The first-order chi connectivity index (χ1) is 12.7. The highest BCUT2D eigenvalue weighted by atomic mass is 35.5. The topological polar surface area (TPSA) is 76.9 Å². The summed E-state index contributed by atoms with van der Waals surface area (Å²) in [5.41, 5.74) is 4.30. The molecule has 1 N–H and O–H groups in total. The van der Waals surface area contributed by atoms with Gasteiger partial charge < -0.3 is 0 Å². The van der Waals surface area contributed by atoms with Crippen LogP contribution in [-0.2, 0) is 16.6 Å². The van der Waals surface area contributed by atoms with Crippen LogP contribution < -0.4 is 4.72 Å². The molecule has 3 aromatic rings. The molecule has 0 aliphatic heterocycles. The van der Waals surface area contributed by atoms with Gasteiger partial charge in [0.05, 0.1) is 11.4 Å². The third-order valence-corrected chi connectivity index (χ3v) is 6.44. The maximum Gasteiger partial charge on any atom is 0.264 e. The van der Waals surface area contributed by atoms with Crippen LogP contribution in [0.4, 0.5) is 5.95 Å². The van der Waals surface area contributed by atoms with Crippen LogP contribution in [0.25, 0.3) is 0 Å². The molecule has 0 aliphatic carbocycles. The van der Waals surface area contributed by atoms with E-state index in [9.17, 15) is 8.42 Å².